The summed E-state index contributed by atoms with van der Waals surface area (Å²) in [5.74, 6) is 1.12. The number of halogens is 1. The Kier molecular flexibility index (Phi) is 9.66. The highest BCUT2D eigenvalue weighted by molar-refractivity contribution is 6.20. The van der Waals surface area contributed by atoms with Gasteiger partial charge in [0.2, 0.25) is 5.91 Å². The van der Waals surface area contributed by atoms with Gasteiger partial charge < -0.3 is 20.3 Å². The molecule has 1 amide bonds. The van der Waals surface area contributed by atoms with Crippen molar-refractivity contribution in [1.29, 1.82) is 0 Å². The van der Waals surface area contributed by atoms with Crippen LogP contribution in [0.4, 0.5) is 0 Å². The van der Waals surface area contributed by atoms with Gasteiger partial charge >= 0.3 is 0 Å². The lowest BCUT2D eigenvalue weighted by atomic mass is 9.72. The van der Waals surface area contributed by atoms with Crippen molar-refractivity contribution >= 4 is 23.2 Å². The summed E-state index contributed by atoms with van der Waals surface area (Å²) in [6.45, 7) is 2.79. The summed E-state index contributed by atoms with van der Waals surface area (Å²) in [5, 5.41) is 23.2. The quantitative estimate of drug-likeness (QED) is 0.307. The fraction of sp³-hybridized carbons (Fsp3) is 0.929. The highest BCUT2D eigenvalue weighted by atomic mass is 35.5. The Bertz CT molecular complexity index is 840. The maximum absolute atomic E-state index is 13.2. The molecule has 216 valence electrons. The van der Waals surface area contributed by atoms with Crippen molar-refractivity contribution < 1.29 is 19.7 Å². The Morgan fingerprint density at radius 2 is 1.87 bits per heavy atom. The van der Waals surface area contributed by atoms with Crippen LogP contribution in [-0.4, -0.2) is 88.5 Å². The summed E-state index contributed by atoms with van der Waals surface area (Å²) in [6, 6.07) is 0.201. The molecule has 0 bridgehead atoms. The molecule has 3 saturated carbocycles. The lowest BCUT2D eigenvalue weighted by Gasteiger charge is -2.44. The first kappa shape index (κ1) is 28.7. The molecule has 5 N–H and O–H groups in total. The third-order valence-corrected chi connectivity index (χ3v) is 10.4. The number of ether oxygens (including phenoxy) is 1. The third kappa shape index (κ3) is 6.40. The monoisotopic (exact) mass is 553 g/mol. The molecule has 1 saturated heterocycles. The number of nitrogens with one attached hydrogen (secondary N) is 3. The van der Waals surface area contributed by atoms with Crippen LogP contribution >= 0.6 is 11.6 Å². The number of alkyl halides is 1. The molecular formula is C28H48ClN5O4. The van der Waals surface area contributed by atoms with E-state index in [0.717, 1.165) is 57.8 Å². The molecule has 10 heteroatoms. The molecular weight excluding hydrogens is 506 g/mol. The Labute approximate surface area is 232 Å². The fourth-order valence-electron chi connectivity index (χ4n) is 7.82. The Balaban J connectivity index is 1.30. The average molecular weight is 554 g/mol. The molecule has 0 radical (unpaired) electrons. The normalized spacial score (nSPS) is 44.0. The number of aliphatic hydroxyl groups excluding tert-OH is 2. The van der Waals surface area contributed by atoms with Crippen LogP contribution in [0.25, 0.3) is 0 Å². The zero-order valence-electron chi connectivity index (χ0n) is 23.0. The number of hydrazine groups is 1. The molecule has 4 fully saturated rings. The number of carbonyl (C=O) groups is 1. The number of hydrogen-bond donors (Lipinski definition) is 5. The van der Waals surface area contributed by atoms with E-state index in [4.69, 9.17) is 21.3 Å². The van der Waals surface area contributed by atoms with Crippen molar-refractivity contribution in [2.45, 2.75) is 132 Å². The predicted octanol–water partition coefficient (Wildman–Crippen LogP) is 2.29. The summed E-state index contributed by atoms with van der Waals surface area (Å²) in [6.07, 6.45) is 9.72. The van der Waals surface area contributed by atoms with Gasteiger partial charge in [-0.2, -0.15) is 0 Å². The maximum atomic E-state index is 13.2. The van der Waals surface area contributed by atoms with E-state index in [2.05, 4.69) is 28.0 Å². The van der Waals surface area contributed by atoms with Crippen LogP contribution in [0.2, 0.25) is 0 Å². The molecule has 9 nitrogen and oxygen atoms in total. The van der Waals surface area contributed by atoms with Crippen LogP contribution in [-0.2, 0) is 9.53 Å². The van der Waals surface area contributed by atoms with Gasteiger partial charge in [0.15, 0.2) is 0 Å². The molecule has 2 heterocycles. The van der Waals surface area contributed by atoms with Gasteiger partial charge in [-0.15, -0.1) is 11.6 Å². The first-order chi connectivity index (χ1) is 18.3. The van der Waals surface area contributed by atoms with Gasteiger partial charge in [-0.25, -0.2) is 10.9 Å². The third-order valence-electron chi connectivity index (χ3n) is 9.98. The molecule has 3 aliphatic carbocycles. The van der Waals surface area contributed by atoms with Crippen LogP contribution in [0.1, 0.15) is 84.0 Å². The molecule has 8 unspecified atom stereocenters. The first-order valence-electron chi connectivity index (χ1n) is 15.0. The number of nitrogens with zero attached hydrogens (tertiary/aromatic N) is 2. The van der Waals surface area contributed by atoms with E-state index < -0.39 is 12.2 Å². The van der Waals surface area contributed by atoms with Crippen molar-refractivity contribution in [3.05, 3.63) is 0 Å². The number of aliphatic hydroxyl groups is 2. The lowest BCUT2D eigenvalue weighted by molar-refractivity contribution is -0.121. The van der Waals surface area contributed by atoms with Crippen molar-refractivity contribution in [2.24, 2.45) is 22.7 Å². The maximum Gasteiger partial charge on any atom is 0.222 e. The van der Waals surface area contributed by atoms with Gasteiger partial charge in [-0.1, -0.05) is 0 Å². The van der Waals surface area contributed by atoms with Crippen LogP contribution in [0.15, 0.2) is 4.99 Å². The highest BCUT2D eigenvalue weighted by Crippen LogP contribution is 2.42. The Hall–Kier alpha value is -0.810. The second-order valence-corrected chi connectivity index (χ2v) is 13.0. The van der Waals surface area contributed by atoms with E-state index in [9.17, 15) is 15.0 Å². The van der Waals surface area contributed by atoms with E-state index in [1.54, 1.807) is 0 Å². The van der Waals surface area contributed by atoms with Crippen molar-refractivity contribution in [3.63, 3.8) is 0 Å². The van der Waals surface area contributed by atoms with Crippen molar-refractivity contribution in [3.8, 4) is 0 Å². The SMILES string of the molecule is COC1CCC2C(C1)C(C1CCC(Cl)CC1)=N[C@@H](CC(=O)NCCC1CCC(O)C(O)C1)C1NNC(C)N21. The molecule has 0 aromatic rings. The Morgan fingerprint density at radius 1 is 1.08 bits per heavy atom. The summed E-state index contributed by atoms with van der Waals surface area (Å²) < 4.78 is 5.85. The van der Waals surface area contributed by atoms with Crippen LogP contribution < -0.4 is 16.2 Å². The molecule has 5 aliphatic rings. The zero-order chi connectivity index (χ0) is 26.8. The summed E-state index contributed by atoms with van der Waals surface area (Å²) in [4.78, 5) is 21.2. The van der Waals surface area contributed by atoms with E-state index in [1.165, 1.54) is 5.71 Å². The smallest absolute Gasteiger partial charge is 0.222 e. The molecule has 38 heavy (non-hydrogen) atoms. The van der Waals surface area contributed by atoms with Gasteiger partial charge in [0.05, 0.1) is 43.1 Å². The minimum atomic E-state index is -0.646. The number of carbonyl (C=O) groups excluding carboxylic acids is 1. The number of methoxy groups -OCH3 is 1. The van der Waals surface area contributed by atoms with Gasteiger partial charge in [0.1, 0.15) is 0 Å². The molecule has 0 spiro atoms. The van der Waals surface area contributed by atoms with E-state index in [0.29, 0.717) is 49.6 Å². The second kappa shape index (κ2) is 12.8. The molecule has 0 aromatic carbocycles. The Morgan fingerprint density at radius 3 is 2.61 bits per heavy atom. The van der Waals surface area contributed by atoms with E-state index in [1.807, 2.05) is 7.11 Å². The van der Waals surface area contributed by atoms with Gasteiger partial charge in [0, 0.05) is 36.7 Å². The summed E-state index contributed by atoms with van der Waals surface area (Å²) >= 11 is 6.48. The standard InChI is InChI=1S/C28H48ClN5O4/c1-16-32-33-28-22(15-26(37)30-12-11-17-3-10-24(35)25(36)13-17)31-27(18-4-6-19(29)7-5-18)21-14-20(38-2)8-9-23(21)34(16)28/h16-25,28,32-33,35-36H,3-15H2,1-2H3,(H,30,37)/t16?,17?,18?,19?,20?,21?,22-,23?,24?,25?,28?/m0/s1. The van der Waals surface area contributed by atoms with Crippen LogP contribution in [0.3, 0.4) is 0 Å². The minimum absolute atomic E-state index is 0.0277. The topological polar surface area (TPSA) is 118 Å². The molecule has 0 aromatic heterocycles. The number of amides is 1. The average Bonchev–Trinajstić information content (AvgIpc) is 3.23. The number of fused-ring (bicyclic) bond motifs is 3. The zero-order valence-corrected chi connectivity index (χ0v) is 23.8. The molecule has 9 atom stereocenters. The van der Waals surface area contributed by atoms with Crippen molar-refractivity contribution in [2.75, 3.05) is 13.7 Å². The fourth-order valence-corrected chi connectivity index (χ4v) is 8.07. The largest absolute Gasteiger partial charge is 0.390 e. The van der Waals surface area contributed by atoms with Gasteiger partial charge in [-0.05, 0) is 89.4 Å². The highest BCUT2D eigenvalue weighted by Gasteiger charge is 2.50. The van der Waals surface area contributed by atoms with E-state index in [-0.39, 0.29) is 35.8 Å². The number of hydrogen-bond acceptors (Lipinski definition) is 8. The lowest BCUT2D eigenvalue weighted by Crippen LogP contribution is -2.55. The van der Waals surface area contributed by atoms with Crippen molar-refractivity contribution in [1.82, 2.24) is 21.1 Å². The number of rotatable bonds is 7. The van der Waals surface area contributed by atoms with Gasteiger partial charge in [-0.3, -0.25) is 14.7 Å². The summed E-state index contributed by atoms with van der Waals surface area (Å²) in [5.41, 5.74) is 8.22. The van der Waals surface area contributed by atoms with E-state index >= 15 is 0 Å². The molecule has 2 aliphatic heterocycles. The number of aliphatic imine (C=N–C) groups is 1. The van der Waals surface area contributed by atoms with Crippen LogP contribution in [0.5, 0.6) is 0 Å². The molecule has 5 rings (SSSR count). The van der Waals surface area contributed by atoms with Crippen LogP contribution in [0, 0.1) is 17.8 Å². The second-order valence-electron chi connectivity index (χ2n) is 12.4. The van der Waals surface area contributed by atoms with Gasteiger partial charge in [0.25, 0.3) is 0 Å². The minimum Gasteiger partial charge on any atom is -0.390 e. The summed E-state index contributed by atoms with van der Waals surface area (Å²) in [7, 11) is 1.82. The first-order valence-corrected chi connectivity index (χ1v) is 15.4. The predicted molar refractivity (Wildman–Crippen MR) is 148 cm³/mol.